The quantitative estimate of drug-likeness (QED) is 0.611. The van der Waals surface area contributed by atoms with Gasteiger partial charge in [-0.15, -0.1) is 0 Å². The molecule has 90 valence electrons. The van der Waals surface area contributed by atoms with E-state index in [1.807, 2.05) is 26.0 Å². The lowest BCUT2D eigenvalue weighted by Gasteiger charge is -1.96. The van der Waals surface area contributed by atoms with Gasteiger partial charge in [-0.25, -0.2) is 4.39 Å². The maximum Gasteiger partial charge on any atom is 0.123 e. The van der Waals surface area contributed by atoms with Gasteiger partial charge in [-0.1, -0.05) is 47.0 Å². The van der Waals surface area contributed by atoms with E-state index in [1.54, 1.807) is 12.1 Å². The maximum absolute atomic E-state index is 12.1. The van der Waals surface area contributed by atoms with Crippen LogP contribution in [-0.2, 0) is 0 Å². The van der Waals surface area contributed by atoms with Crippen molar-refractivity contribution in [3.05, 3.63) is 70.0 Å². The second-order valence-electron chi connectivity index (χ2n) is 4.05. The number of rotatable bonds is 0. The summed E-state index contributed by atoms with van der Waals surface area (Å²) in [5.41, 5.74) is 3.50. The van der Waals surface area contributed by atoms with Crippen LogP contribution in [0.5, 0.6) is 0 Å². The lowest BCUT2D eigenvalue weighted by molar-refractivity contribution is 0.627. The Hall–Kier alpha value is -1.34. The molecule has 0 spiro atoms. The molecule has 0 atom stereocenters. The Morgan fingerprint density at radius 2 is 1.35 bits per heavy atom. The summed E-state index contributed by atoms with van der Waals surface area (Å²) in [5, 5.41) is 0.848. The van der Waals surface area contributed by atoms with Crippen molar-refractivity contribution in [3.63, 3.8) is 0 Å². The van der Waals surface area contributed by atoms with Crippen LogP contribution < -0.4 is 0 Å². The van der Waals surface area contributed by atoms with Crippen LogP contribution in [0.2, 0.25) is 5.02 Å². The molecule has 0 aliphatic rings. The molecule has 0 saturated carbocycles. The average molecular weight is 251 g/mol. The van der Waals surface area contributed by atoms with Crippen molar-refractivity contribution in [3.8, 4) is 0 Å². The molecule has 0 aliphatic carbocycles. The molecule has 0 fully saturated rings. The van der Waals surface area contributed by atoms with Crippen molar-refractivity contribution in [1.29, 1.82) is 0 Å². The molecule has 0 radical (unpaired) electrons. The molecule has 0 unspecified atom stereocenters. The van der Waals surface area contributed by atoms with Crippen LogP contribution in [0.3, 0.4) is 0 Å². The Morgan fingerprint density at radius 1 is 0.824 bits per heavy atom. The van der Waals surface area contributed by atoms with Gasteiger partial charge in [0, 0.05) is 5.02 Å². The molecule has 0 bridgehead atoms. The third kappa shape index (κ3) is 5.01. The summed E-state index contributed by atoms with van der Waals surface area (Å²) in [7, 11) is 0. The zero-order valence-electron chi connectivity index (χ0n) is 10.3. The van der Waals surface area contributed by atoms with Crippen molar-refractivity contribution in [2.45, 2.75) is 20.8 Å². The Balaban J connectivity index is 0.000000171. The van der Waals surface area contributed by atoms with E-state index in [0.717, 1.165) is 16.1 Å². The first-order valence-corrected chi connectivity index (χ1v) is 5.82. The van der Waals surface area contributed by atoms with Crippen molar-refractivity contribution >= 4 is 11.6 Å². The summed E-state index contributed by atoms with van der Waals surface area (Å²) in [4.78, 5) is 0. The molecule has 0 heterocycles. The average Bonchev–Trinajstić information content (AvgIpc) is 2.29. The zero-order chi connectivity index (χ0) is 12.8. The van der Waals surface area contributed by atoms with Gasteiger partial charge in [0.1, 0.15) is 5.82 Å². The van der Waals surface area contributed by atoms with E-state index in [-0.39, 0.29) is 5.82 Å². The van der Waals surface area contributed by atoms with Crippen LogP contribution in [0, 0.1) is 26.6 Å². The number of hydrogen-bond acceptors (Lipinski definition) is 0. The normalized spacial score (nSPS) is 9.47. The van der Waals surface area contributed by atoms with Gasteiger partial charge < -0.3 is 0 Å². The topological polar surface area (TPSA) is 0 Å². The van der Waals surface area contributed by atoms with Crippen LogP contribution in [0.4, 0.5) is 4.39 Å². The highest BCUT2D eigenvalue weighted by atomic mass is 35.5. The molecule has 0 saturated heterocycles. The fourth-order valence-electron chi connectivity index (χ4n) is 1.33. The van der Waals surface area contributed by atoms with Gasteiger partial charge in [-0.2, -0.15) is 0 Å². The van der Waals surface area contributed by atoms with Gasteiger partial charge in [-0.3, -0.25) is 0 Å². The third-order valence-corrected chi connectivity index (χ3v) is 2.75. The summed E-state index contributed by atoms with van der Waals surface area (Å²) in [6.45, 7) is 6.00. The first kappa shape index (κ1) is 13.7. The standard InChI is InChI=1S/C8H9Cl.C7H7F/c1-6-3-4-8(9)7(2)5-6;1-6-2-4-7(8)5-3-6/h3-5H,1-2H3;2-5H,1H3. The highest BCUT2D eigenvalue weighted by molar-refractivity contribution is 6.31. The summed E-state index contributed by atoms with van der Waals surface area (Å²) in [6, 6.07) is 12.4. The minimum atomic E-state index is -0.171. The fourth-order valence-corrected chi connectivity index (χ4v) is 1.45. The van der Waals surface area contributed by atoms with Gasteiger partial charge in [0.15, 0.2) is 0 Å². The molecule has 2 rings (SSSR count). The first-order valence-electron chi connectivity index (χ1n) is 5.44. The zero-order valence-corrected chi connectivity index (χ0v) is 11.1. The van der Waals surface area contributed by atoms with Gasteiger partial charge >= 0.3 is 0 Å². The molecular formula is C15H16ClF. The molecule has 0 amide bonds. The first-order chi connectivity index (χ1) is 7.99. The highest BCUT2D eigenvalue weighted by Gasteiger charge is 1.91. The second kappa shape index (κ2) is 6.41. The van der Waals surface area contributed by atoms with Crippen molar-refractivity contribution in [2.24, 2.45) is 0 Å². The van der Waals surface area contributed by atoms with Crippen LogP contribution >= 0.6 is 11.6 Å². The molecule has 0 N–H and O–H groups in total. The van der Waals surface area contributed by atoms with Crippen LogP contribution in [-0.4, -0.2) is 0 Å². The minimum Gasteiger partial charge on any atom is -0.207 e. The van der Waals surface area contributed by atoms with Crippen molar-refractivity contribution in [1.82, 2.24) is 0 Å². The predicted molar refractivity (Wildman–Crippen MR) is 72.1 cm³/mol. The summed E-state index contributed by atoms with van der Waals surface area (Å²) in [6.07, 6.45) is 0. The number of halogens is 2. The van der Waals surface area contributed by atoms with Crippen LogP contribution in [0.15, 0.2) is 42.5 Å². The van der Waals surface area contributed by atoms with E-state index >= 15 is 0 Å². The number of benzene rings is 2. The summed E-state index contributed by atoms with van der Waals surface area (Å²) < 4.78 is 12.1. The Kier molecular flexibility index (Phi) is 5.17. The second-order valence-corrected chi connectivity index (χ2v) is 4.46. The Morgan fingerprint density at radius 3 is 1.76 bits per heavy atom. The van der Waals surface area contributed by atoms with Crippen LogP contribution in [0.25, 0.3) is 0 Å². The molecule has 0 aromatic heterocycles. The van der Waals surface area contributed by atoms with E-state index < -0.39 is 0 Å². The van der Waals surface area contributed by atoms with E-state index in [4.69, 9.17) is 11.6 Å². The maximum atomic E-state index is 12.1. The van der Waals surface area contributed by atoms with Crippen molar-refractivity contribution < 1.29 is 4.39 Å². The highest BCUT2D eigenvalue weighted by Crippen LogP contribution is 2.14. The number of hydrogen-bond donors (Lipinski definition) is 0. The van der Waals surface area contributed by atoms with E-state index in [2.05, 4.69) is 13.0 Å². The van der Waals surface area contributed by atoms with Gasteiger partial charge in [0.25, 0.3) is 0 Å². The van der Waals surface area contributed by atoms with Gasteiger partial charge in [-0.05, 0) is 44.5 Å². The SMILES string of the molecule is Cc1ccc(Cl)c(C)c1.Cc1ccc(F)cc1. The van der Waals surface area contributed by atoms with Gasteiger partial charge in [0.2, 0.25) is 0 Å². The Labute approximate surface area is 107 Å². The molecule has 0 aliphatic heterocycles. The van der Waals surface area contributed by atoms with E-state index in [0.29, 0.717) is 0 Å². The van der Waals surface area contributed by atoms with E-state index in [1.165, 1.54) is 17.7 Å². The lowest BCUT2D eigenvalue weighted by Crippen LogP contribution is -1.75. The summed E-state index contributed by atoms with van der Waals surface area (Å²) >= 11 is 5.78. The van der Waals surface area contributed by atoms with Crippen molar-refractivity contribution in [2.75, 3.05) is 0 Å². The monoisotopic (exact) mass is 250 g/mol. The molecule has 2 aromatic rings. The molecule has 0 nitrogen and oxygen atoms in total. The minimum absolute atomic E-state index is 0.171. The summed E-state index contributed by atoms with van der Waals surface area (Å²) in [5.74, 6) is -0.171. The van der Waals surface area contributed by atoms with Crippen LogP contribution in [0.1, 0.15) is 16.7 Å². The largest absolute Gasteiger partial charge is 0.207 e. The van der Waals surface area contributed by atoms with Gasteiger partial charge in [0.05, 0.1) is 0 Å². The number of aryl methyl sites for hydroxylation is 3. The third-order valence-electron chi connectivity index (χ3n) is 2.32. The molecule has 2 heteroatoms. The Bertz CT molecular complexity index is 454. The van der Waals surface area contributed by atoms with E-state index in [9.17, 15) is 4.39 Å². The molecular weight excluding hydrogens is 235 g/mol. The lowest BCUT2D eigenvalue weighted by atomic mass is 10.2. The molecule has 17 heavy (non-hydrogen) atoms. The molecule has 2 aromatic carbocycles. The smallest absolute Gasteiger partial charge is 0.123 e. The predicted octanol–water partition coefficient (Wildman–Crippen LogP) is 5.09. The fraction of sp³-hybridized carbons (Fsp3) is 0.200.